The molecule has 0 aliphatic heterocycles. The van der Waals surface area contributed by atoms with Crippen LogP contribution in [0.2, 0.25) is 0 Å². The van der Waals surface area contributed by atoms with Crippen LogP contribution in [0, 0.1) is 12.7 Å². The number of carbonyl (C=O) groups excluding carboxylic acids is 1. The van der Waals surface area contributed by atoms with Gasteiger partial charge in [0.15, 0.2) is 5.69 Å². The van der Waals surface area contributed by atoms with E-state index in [-0.39, 0.29) is 17.6 Å². The van der Waals surface area contributed by atoms with Crippen molar-refractivity contribution in [2.75, 3.05) is 7.11 Å². The van der Waals surface area contributed by atoms with Crippen LogP contribution >= 0.6 is 0 Å². The molecule has 0 spiro atoms. The molecule has 0 N–H and O–H groups in total. The largest absolute Gasteiger partial charge is 0.490 e. The Morgan fingerprint density at radius 2 is 2.00 bits per heavy atom. The molecule has 5 heteroatoms. The van der Waals surface area contributed by atoms with E-state index in [1.807, 2.05) is 13.8 Å². The molecule has 20 heavy (non-hydrogen) atoms. The molecule has 0 bridgehead atoms. The van der Waals surface area contributed by atoms with Gasteiger partial charge in [0.1, 0.15) is 11.6 Å². The summed E-state index contributed by atoms with van der Waals surface area (Å²) in [5.74, 6) is -0.492. The van der Waals surface area contributed by atoms with Gasteiger partial charge in [-0.3, -0.25) is 0 Å². The minimum atomic E-state index is -0.552. The molecule has 0 unspecified atom stereocenters. The van der Waals surface area contributed by atoms with E-state index in [1.165, 1.54) is 25.3 Å². The number of fused-ring (bicyclic) bond motifs is 1. The smallest absolute Gasteiger partial charge is 0.356 e. The lowest BCUT2D eigenvalue weighted by molar-refractivity contribution is 0.0593. The Morgan fingerprint density at radius 1 is 1.30 bits per heavy atom. The quantitative estimate of drug-likeness (QED) is 0.808. The summed E-state index contributed by atoms with van der Waals surface area (Å²) >= 11 is 0. The summed E-state index contributed by atoms with van der Waals surface area (Å²) in [6, 6.07) is 4.21. The highest BCUT2D eigenvalue weighted by molar-refractivity contribution is 5.95. The average Bonchev–Trinajstić information content (AvgIpc) is 2.37. The van der Waals surface area contributed by atoms with Crippen LogP contribution < -0.4 is 4.74 Å². The average molecular weight is 277 g/mol. The highest BCUT2D eigenvalue weighted by Crippen LogP contribution is 2.29. The summed E-state index contributed by atoms with van der Waals surface area (Å²) in [5.41, 5.74) is 1.31. The number of rotatable bonds is 3. The molecular weight excluding hydrogens is 261 g/mol. The maximum absolute atomic E-state index is 13.6. The maximum atomic E-state index is 13.6. The summed E-state index contributed by atoms with van der Waals surface area (Å²) in [6.45, 7) is 5.45. The molecule has 0 saturated heterocycles. The van der Waals surface area contributed by atoms with E-state index in [1.54, 1.807) is 6.92 Å². The van der Waals surface area contributed by atoms with Gasteiger partial charge in [0, 0.05) is 11.5 Å². The number of benzene rings is 1. The van der Waals surface area contributed by atoms with Gasteiger partial charge in [0.05, 0.1) is 18.7 Å². The first kappa shape index (κ1) is 14.2. The van der Waals surface area contributed by atoms with Crippen LogP contribution in [0.15, 0.2) is 18.2 Å². The van der Waals surface area contributed by atoms with E-state index >= 15 is 0 Å². The number of ether oxygens (including phenoxy) is 2. The molecule has 0 radical (unpaired) electrons. The van der Waals surface area contributed by atoms with Crippen molar-refractivity contribution in [2.24, 2.45) is 0 Å². The second-order valence-corrected chi connectivity index (χ2v) is 4.78. The predicted molar refractivity (Wildman–Crippen MR) is 73.5 cm³/mol. The van der Waals surface area contributed by atoms with Crippen LogP contribution in [0.25, 0.3) is 10.9 Å². The van der Waals surface area contributed by atoms with Crippen molar-refractivity contribution in [3.8, 4) is 5.75 Å². The van der Waals surface area contributed by atoms with Crippen LogP contribution in [-0.2, 0) is 4.74 Å². The molecular formula is C15H16FNO3. The van der Waals surface area contributed by atoms with E-state index in [4.69, 9.17) is 4.74 Å². The van der Waals surface area contributed by atoms with E-state index < -0.39 is 5.97 Å². The summed E-state index contributed by atoms with van der Waals surface area (Å²) in [6.07, 6.45) is -0.102. The molecule has 4 nitrogen and oxygen atoms in total. The van der Waals surface area contributed by atoms with E-state index in [9.17, 15) is 9.18 Å². The van der Waals surface area contributed by atoms with E-state index in [2.05, 4.69) is 9.72 Å². The molecule has 0 aliphatic rings. The molecule has 2 rings (SSSR count). The Kier molecular flexibility index (Phi) is 3.88. The summed E-state index contributed by atoms with van der Waals surface area (Å²) < 4.78 is 23.9. The molecule has 1 heterocycles. The van der Waals surface area contributed by atoms with Gasteiger partial charge in [-0.05, 0) is 38.5 Å². The zero-order valence-corrected chi connectivity index (χ0v) is 11.9. The number of pyridine rings is 1. The maximum Gasteiger partial charge on any atom is 0.356 e. The Labute approximate surface area is 116 Å². The van der Waals surface area contributed by atoms with Crippen LogP contribution in [0.5, 0.6) is 5.75 Å². The fourth-order valence-corrected chi connectivity index (χ4v) is 1.99. The van der Waals surface area contributed by atoms with Crippen molar-refractivity contribution in [3.05, 3.63) is 35.3 Å². The van der Waals surface area contributed by atoms with E-state index in [0.29, 0.717) is 22.2 Å². The highest BCUT2D eigenvalue weighted by Gasteiger charge is 2.16. The van der Waals surface area contributed by atoms with Gasteiger partial charge >= 0.3 is 5.97 Å². The molecule has 2 aromatic rings. The lowest BCUT2D eigenvalue weighted by Crippen LogP contribution is -2.10. The highest BCUT2D eigenvalue weighted by atomic mass is 19.1. The Bertz CT molecular complexity index is 668. The van der Waals surface area contributed by atoms with Crippen LogP contribution in [-0.4, -0.2) is 24.2 Å². The zero-order chi connectivity index (χ0) is 14.9. The summed E-state index contributed by atoms with van der Waals surface area (Å²) in [4.78, 5) is 15.9. The SMILES string of the molecule is COC(=O)c1cc(OC(C)C)c2cc(F)cc(C)c2n1. The predicted octanol–water partition coefficient (Wildman–Crippen LogP) is 3.26. The molecule has 0 aliphatic carbocycles. The Hall–Kier alpha value is -2.17. The minimum absolute atomic E-state index is 0.102. The molecule has 0 fully saturated rings. The minimum Gasteiger partial charge on any atom is -0.490 e. The standard InChI is InChI=1S/C15H16FNO3/c1-8(2)20-13-7-12(15(18)19-4)17-14-9(3)5-10(16)6-11(13)14/h5-8H,1-4H3. The zero-order valence-electron chi connectivity index (χ0n) is 11.9. The van der Waals surface area contributed by atoms with Crippen molar-refractivity contribution in [3.63, 3.8) is 0 Å². The number of methoxy groups -OCH3 is 1. The summed E-state index contributed by atoms with van der Waals surface area (Å²) in [7, 11) is 1.29. The molecule has 0 amide bonds. The number of aryl methyl sites for hydroxylation is 1. The number of halogens is 1. The third-order valence-corrected chi connectivity index (χ3v) is 2.79. The fraction of sp³-hybridized carbons (Fsp3) is 0.333. The first-order valence-corrected chi connectivity index (χ1v) is 6.28. The monoisotopic (exact) mass is 277 g/mol. The molecule has 0 saturated carbocycles. The first-order valence-electron chi connectivity index (χ1n) is 6.28. The number of nitrogens with zero attached hydrogens (tertiary/aromatic N) is 1. The van der Waals surface area contributed by atoms with Crippen molar-refractivity contribution in [2.45, 2.75) is 26.9 Å². The number of carbonyl (C=O) groups is 1. The normalized spacial score (nSPS) is 10.9. The first-order chi connectivity index (χ1) is 9.42. The Balaban J connectivity index is 2.74. The third kappa shape index (κ3) is 2.71. The van der Waals surface area contributed by atoms with Gasteiger partial charge < -0.3 is 9.47 Å². The molecule has 1 aromatic carbocycles. The number of esters is 1. The lowest BCUT2D eigenvalue weighted by Gasteiger charge is -2.14. The van der Waals surface area contributed by atoms with Gasteiger partial charge in [-0.25, -0.2) is 14.2 Å². The lowest BCUT2D eigenvalue weighted by atomic mass is 10.1. The fourth-order valence-electron chi connectivity index (χ4n) is 1.99. The molecule has 1 aromatic heterocycles. The van der Waals surface area contributed by atoms with Gasteiger partial charge in [-0.1, -0.05) is 0 Å². The van der Waals surface area contributed by atoms with Gasteiger partial charge in [-0.15, -0.1) is 0 Å². The van der Waals surface area contributed by atoms with Crippen LogP contribution in [0.4, 0.5) is 4.39 Å². The summed E-state index contributed by atoms with van der Waals surface area (Å²) in [5, 5.41) is 0.545. The van der Waals surface area contributed by atoms with Crippen LogP contribution in [0.3, 0.4) is 0 Å². The van der Waals surface area contributed by atoms with Crippen LogP contribution in [0.1, 0.15) is 29.9 Å². The van der Waals surface area contributed by atoms with Crippen molar-refractivity contribution in [1.82, 2.24) is 4.98 Å². The number of hydrogen-bond acceptors (Lipinski definition) is 4. The third-order valence-electron chi connectivity index (χ3n) is 2.79. The van der Waals surface area contributed by atoms with Crippen molar-refractivity contribution in [1.29, 1.82) is 0 Å². The van der Waals surface area contributed by atoms with Crippen molar-refractivity contribution < 1.29 is 18.7 Å². The topological polar surface area (TPSA) is 48.4 Å². The second kappa shape index (κ2) is 5.45. The van der Waals surface area contributed by atoms with Gasteiger partial charge in [-0.2, -0.15) is 0 Å². The van der Waals surface area contributed by atoms with E-state index in [0.717, 1.165) is 0 Å². The van der Waals surface area contributed by atoms with Gasteiger partial charge in [0.25, 0.3) is 0 Å². The second-order valence-electron chi connectivity index (χ2n) is 4.78. The number of aromatic nitrogens is 1. The molecule has 106 valence electrons. The van der Waals surface area contributed by atoms with Gasteiger partial charge in [0.2, 0.25) is 0 Å². The van der Waals surface area contributed by atoms with Crippen molar-refractivity contribution >= 4 is 16.9 Å². The number of hydrogen-bond donors (Lipinski definition) is 0. The Morgan fingerprint density at radius 3 is 2.60 bits per heavy atom. The molecule has 0 atom stereocenters.